The van der Waals surface area contributed by atoms with E-state index in [9.17, 15) is 4.79 Å². The van der Waals surface area contributed by atoms with E-state index in [4.69, 9.17) is 0 Å². The van der Waals surface area contributed by atoms with Gasteiger partial charge in [-0.1, -0.05) is 58.3 Å². The zero-order valence-corrected chi connectivity index (χ0v) is 13.6. The summed E-state index contributed by atoms with van der Waals surface area (Å²) in [5, 5.41) is 0. The summed E-state index contributed by atoms with van der Waals surface area (Å²) in [6, 6.07) is 1.77. The molecule has 0 bridgehead atoms. The Morgan fingerprint density at radius 1 is 0.900 bits per heavy atom. The second-order valence-electron chi connectivity index (χ2n) is 5.99. The van der Waals surface area contributed by atoms with Crippen LogP contribution >= 0.6 is 0 Å². The van der Waals surface area contributed by atoms with Gasteiger partial charge in [0.25, 0.3) is 0 Å². The maximum absolute atomic E-state index is 11.7. The van der Waals surface area contributed by atoms with E-state index >= 15 is 0 Å². The summed E-state index contributed by atoms with van der Waals surface area (Å²) in [7, 11) is 0. The molecule has 0 saturated carbocycles. The number of hydrogen-bond donors (Lipinski definition) is 1. The molecular weight excluding hydrogens is 246 g/mol. The molecule has 0 aliphatic carbocycles. The first-order valence-electron chi connectivity index (χ1n) is 8.34. The lowest BCUT2D eigenvalue weighted by Gasteiger charge is -2.06. The van der Waals surface area contributed by atoms with E-state index in [1.165, 1.54) is 57.8 Å². The highest BCUT2D eigenvalue weighted by atomic mass is 16.1. The molecule has 0 unspecified atom stereocenters. The summed E-state index contributed by atoms with van der Waals surface area (Å²) < 4.78 is 0. The summed E-state index contributed by atoms with van der Waals surface area (Å²) >= 11 is 0. The number of nitrogens with one attached hydrogen (secondary N) is 1. The van der Waals surface area contributed by atoms with Crippen LogP contribution in [0, 0.1) is 13.8 Å². The Hall–Kier alpha value is -1.05. The normalized spacial score (nSPS) is 10.9. The van der Waals surface area contributed by atoms with Gasteiger partial charge in [-0.05, 0) is 26.7 Å². The van der Waals surface area contributed by atoms with Gasteiger partial charge in [0.2, 0.25) is 0 Å². The lowest BCUT2D eigenvalue weighted by molar-refractivity contribution is 0.563. The third-order valence-corrected chi connectivity index (χ3v) is 4.14. The number of aromatic nitrogens is 1. The Morgan fingerprint density at radius 2 is 1.45 bits per heavy atom. The molecule has 0 atom stereocenters. The van der Waals surface area contributed by atoms with E-state index < -0.39 is 0 Å². The van der Waals surface area contributed by atoms with Crippen LogP contribution in [0.15, 0.2) is 10.9 Å². The first-order valence-corrected chi connectivity index (χ1v) is 8.34. The second-order valence-corrected chi connectivity index (χ2v) is 5.99. The van der Waals surface area contributed by atoms with Gasteiger partial charge in [-0.2, -0.15) is 0 Å². The zero-order chi connectivity index (χ0) is 14.8. The lowest BCUT2D eigenvalue weighted by atomic mass is 10.1. The molecule has 2 heteroatoms. The minimum atomic E-state index is 0.173. The Labute approximate surface area is 124 Å². The molecule has 0 aromatic carbocycles. The highest BCUT2D eigenvalue weighted by Gasteiger charge is 2.01. The third-order valence-electron chi connectivity index (χ3n) is 4.14. The molecule has 0 aliphatic heterocycles. The van der Waals surface area contributed by atoms with Gasteiger partial charge in [0.05, 0.1) is 0 Å². The highest BCUT2D eigenvalue weighted by molar-refractivity contribution is 5.20. The van der Waals surface area contributed by atoms with Crippen LogP contribution in [0.5, 0.6) is 0 Å². The summed E-state index contributed by atoms with van der Waals surface area (Å²) in [4.78, 5) is 15.0. The van der Waals surface area contributed by atoms with Crippen molar-refractivity contribution in [2.45, 2.75) is 85.0 Å². The van der Waals surface area contributed by atoms with Gasteiger partial charge in [0.1, 0.15) is 0 Å². The highest BCUT2D eigenvalue weighted by Crippen LogP contribution is 2.11. The van der Waals surface area contributed by atoms with Crippen LogP contribution in [0.3, 0.4) is 0 Å². The van der Waals surface area contributed by atoms with Crippen molar-refractivity contribution in [2.75, 3.05) is 0 Å². The van der Waals surface area contributed by atoms with Gasteiger partial charge in [-0.15, -0.1) is 0 Å². The maximum atomic E-state index is 11.7. The first kappa shape index (κ1) is 17.0. The van der Waals surface area contributed by atoms with E-state index in [0.29, 0.717) is 0 Å². The van der Waals surface area contributed by atoms with Crippen LogP contribution in [0.4, 0.5) is 0 Å². The molecule has 114 valence electrons. The topological polar surface area (TPSA) is 32.9 Å². The fourth-order valence-electron chi connectivity index (χ4n) is 2.58. The molecule has 1 rings (SSSR count). The number of aromatic amines is 1. The standard InChI is InChI=1S/C18H31NO/c1-4-5-6-7-8-9-10-11-12-13-17-14-18(20)15(2)16(3)19-17/h14H,4-13H2,1-3H3,(H,19,20). The van der Waals surface area contributed by atoms with Crippen LogP contribution < -0.4 is 5.43 Å². The second kappa shape index (κ2) is 9.79. The molecule has 20 heavy (non-hydrogen) atoms. The van der Waals surface area contributed by atoms with Crippen molar-refractivity contribution < 1.29 is 0 Å². The van der Waals surface area contributed by atoms with Gasteiger partial charge < -0.3 is 4.98 Å². The summed E-state index contributed by atoms with van der Waals surface area (Å²) in [6.45, 7) is 6.13. The minimum absolute atomic E-state index is 0.173. The molecule has 0 saturated heterocycles. The van der Waals surface area contributed by atoms with Crippen LogP contribution in [-0.2, 0) is 6.42 Å². The molecule has 0 spiro atoms. The number of aryl methyl sites for hydroxylation is 2. The van der Waals surface area contributed by atoms with E-state index in [1.807, 2.05) is 13.8 Å². The molecule has 0 radical (unpaired) electrons. The van der Waals surface area contributed by atoms with E-state index in [-0.39, 0.29) is 5.43 Å². The fourth-order valence-corrected chi connectivity index (χ4v) is 2.58. The van der Waals surface area contributed by atoms with E-state index in [2.05, 4.69) is 11.9 Å². The average molecular weight is 277 g/mol. The largest absolute Gasteiger partial charge is 0.362 e. The lowest BCUT2D eigenvalue weighted by Crippen LogP contribution is -2.10. The SMILES string of the molecule is CCCCCCCCCCCc1cc(=O)c(C)c(C)[nH]1. The minimum Gasteiger partial charge on any atom is -0.362 e. The number of hydrogen-bond acceptors (Lipinski definition) is 1. The number of H-pyrrole nitrogens is 1. The van der Waals surface area contributed by atoms with E-state index in [0.717, 1.165) is 23.4 Å². The van der Waals surface area contributed by atoms with Crippen molar-refractivity contribution in [1.82, 2.24) is 4.98 Å². The molecule has 1 aromatic heterocycles. The number of pyridine rings is 1. The first-order chi connectivity index (χ1) is 9.65. The van der Waals surface area contributed by atoms with Gasteiger partial charge in [0.15, 0.2) is 5.43 Å². The molecule has 1 heterocycles. The maximum Gasteiger partial charge on any atom is 0.184 e. The summed E-state index contributed by atoms with van der Waals surface area (Å²) in [6.07, 6.45) is 13.1. The third kappa shape index (κ3) is 6.40. The van der Waals surface area contributed by atoms with Crippen LogP contribution in [0.2, 0.25) is 0 Å². The van der Waals surface area contributed by atoms with E-state index in [1.54, 1.807) is 6.07 Å². The van der Waals surface area contributed by atoms with Crippen molar-refractivity contribution in [3.05, 3.63) is 33.2 Å². The van der Waals surface area contributed by atoms with Crippen molar-refractivity contribution in [3.63, 3.8) is 0 Å². The van der Waals surface area contributed by atoms with Gasteiger partial charge in [-0.3, -0.25) is 4.79 Å². The van der Waals surface area contributed by atoms with Crippen LogP contribution in [0.1, 0.15) is 81.7 Å². The summed E-state index contributed by atoms with van der Waals surface area (Å²) in [5.74, 6) is 0. The molecule has 1 N–H and O–H groups in total. The molecule has 2 nitrogen and oxygen atoms in total. The number of rotatable bonds is 10. The van der Waals surface area contributed by atoms with Gasteiger partial charge >= 0.3 is 0 Å². The smallest absolute Gasteiger partial charge is 0.184 e. The van der Waals surface area contributed by atoms with Crippen molar-refractivity contribution >= 4 is 0 Å². The Morgan fingerprint density at radius 3 is 2.00 bits per heavy atom. The Bertz CT molecular complexity index is 434. The molecule has 0 amide bonds. The average Bonchev–Trinajstić information content (AvgIpc) is 2.43. The molecule has 0 aliphatic rings. The van der Waals surface area contributed by atoms with Crippen LogP contribution in [0.25, 0.3) is 0 Å². The molecule has 0 fully saturated rings. The predicted molar refractivity (Wildman–Crippen MR) is 87.5 cm³/mol. The van der Waals surface area contributed by atoms with Crippen molar-refractivity contribution in [3.8, 4) is 0 Å². The van der Waals surface area contributed by atoms with Crippen molar-refractivity contribution in [1.29, 1.82) is 0 Å². The Kier molecular flexibility index (Phi) is 8.32. The fraction of sp³-hybridized carbons (Fsp3) is 0.722. The monoisotopic (exact) mass is 277 g/mol. The van der Waals surface area contributed by atoms with Gasteiger partial charge in [-0.25, -0.2) is 0 Å². The molecule has 1 aromatic rings. The predicted octanol–water partition coefficient (Wildman–Crippen LogP) is 5.07. The quantitative estimate of drug-likeness (QED) is 0.595. The van der Waals surface area contributed by atoms with Gasteiger partial charge in [0, 0.05) is 23.0 Å². The Balaban J connectivity index is 2.11. The number of unbranched alkanes of at least 4 members (excludes halogenated alkanes) is 8. The molecular formula is C18H31NO. The van der Waals surface area contributed by atoms with Crippen molar-refractivity contribution in [2.24, 2.45) is 0 Å². The summed E-state index contributed by atoms with van der Waals surface area (Å²) in [5.41, 5.74) is 3.14. The zero-order valence-electron chi connectivity index (χ0n) is 13.6. The van der Waals surface area contributed by atoms with Crippen LogP contribution in [-0.4, -0.2) is 4.98 Å².